The first kappa shape index (κ1) is 13.5. The highest BCUT2D eigenvalue weighted by atomic mass is 32.2. The van der Waals surface area contributed by atoms with Crippen LogP contribution in [0.5, 0.6) is 0 Å². The van der Waals surface area contributed by atoms with Gasteiger partial charge >= 0.3 is 6.03 Å². The van der Waals surface area contributed by atoms with Crippen molar-refractivity contribution in [3.63, 3.8) is 0 Å². The van der Waals surface area contributed by atoms with Crippen molar-refractivity contribution >= 4 is 29.4 Å². The van der Waals surface area contributed by atoms with Gasteiger partial charge in [0.05, 0.1) is 5.69 Å². The van der Waals surface area contributed by atoms with E-state index >= 15 is 0 Å². The lowest BCUT2D eigenvalue weighted by molar-refractivity contribution is -0.123. The molecule has 1 heterocycles. The molecule has 0 radical (unpaired) electrons. The number of hydrogen-bond donors (Lipinski definition) is 1. The quantitative estimate of drug-likeness (QED) is 0.672. The zero-order valence-corrected chi connectivity index (χ0v) is 12.3. The molecule has 4 nitrogen and oxygen atoms in total. The highest BCUT2D eigenvalue weighted by Crippen LogP contribution is 2.36. The summed E-state index contributed by atoms with van der Waals surface area (Å²) in [4.78, 5) is 27.3. The number of anilines is 1. The fraction of sp³-hybridized carbons (Fsp3) is 0.467. The van der Waals surface area contributed by atoms with Crippen LogP contribution < -0.4 is 10.2 Å². The number of carbonyl (C=O) groups excluding carboxylic acids is 2. The molecule has 1 aliphatic heterocycles. The van der Waals surface area contributed by atoms with Crippen LogP contribution in [0, 0.1) is 0 Å². The van der Waals surface area contributed by atoms with E-state index in [2.05, 4.69) is 5.32 Å². The van der Waals surface area contributed by atoms with Crippen molar-refractivity contribution in [3.8, 4) is 0 Å². The van der Waals surface area contributed by atoms with Gasteiger partial charge in [-0.05, 0) is 43.4 Å². The Bertz CT molecular complexity index is 535. The first-order valence-electron chi connectivity index (χ1n) is 6.97. The Labute approximate surface area is 122 Å². The minimum Gasteiger partial charge on any atom is -0.323 e. The van der Waals surface area contributed by atoms with Crippen LogP contribution in [0.25, 0.3) is 0 Å². The molecule has 0 bridgehead atoms. The van der Waals surface area contributed by atoms with Crippen LogP contribution in [0.4, 0.5) is 10.5 Å². The summed E-state index contributed by atoms with van der Waals surface area (Å²) in [6, 6.07) is 7.27. The zero-order chi connectivity index (χ0) is 14.2. The second kappa shape index (κ2) is 5.13. The van der Waals surface area contributed by atoms with E-state index < -0.39 is 5.54 Å². The number of thioether (sulfide) groups is 1. The number of amides is 3. The molecule has 2 aliphatic rings. The molecule has 1 N–H and O–H groups in total. The summed E-state index contributed by atoms with van der Waals surface area (Å²) in [6.45, 7) is 0. The van der Waals surface area contributed by atoms with Crippen molar-refractivity contribution in [1.29, 1.82) is 0 Å². The number of nitrogens with zero attached hydrogens (tertiary/aromatic N) is 1. The topological polar surface area (TPSA) is 49.4 Å². The molecular weight excluding hydrogens is 272 g/mol. The smallest absolute Gasteiger partial charge is 0.323 e. The van der Waals surface area contributed by atoms with Gasteiger partial charge in [0.15, 0.2) is 0 Å². The van der Waals surface area contributed by atoms with Crippen LogP contribution in [-0.2, 0) is 4.79 Å². The summed E-state index contributed by atoms with van der Waals surface area (Å²) >= 11 is 1.64. The average Bonchev–Trinajstić information content (AvgIpc) is 2.71. The molecule has 1 aliphatic carbocycles. The molecule has 1 spiro atoms. The summed E-state index contributed by atoms with van der Waals surface area (Å²) in [6.07, 6.45) is 6.68. The van der Waals surface area contributed by atoms with E-state index in [0.717, 1.165) is 37.0 Å². The Morgan fingerprint density at radius 3 is 2.35 bits per heavy atom. The summed E-state index contributed by atoms with van der Waals surface area (Å²) < 4.78 is 0. The summed E-state index contributed by atoms with van der Waals surface area (Å²) in [5, 5.41) is 2.93. The zero-order valence-electron chi connectivity index (χ0n) is 11.5. The number of rotatable bonds is 2. The summed E-state index contributed by atoms with van der Waals surface area (Å²) in [7, 11) is 0. The standard InChI is InChI=1S/C15H18N2O2S/c1-20-12-7-5-11(6-8-12)17-13(18)15(16-14(17)19)9-3-2-4-10-15/h5-8H,2-4,9-10H2,1H3,(H,16,19). The molecule has 106 valence electrons. The monoisotopic (exact) mass is 290 g/mol. The molecule has 1 saturated heterocycles. The van der Waals surface area contributed by atoms with Gasteiger partial charge < -0.3 is 5.32 Å². The van der Waals surface area contributed by atoms with Gasteiger partial charge in [-0.25, -0.2) is 9.69 Å². The molecule has 1 saturated carbocycles. The van der Waals surface area contributed by atoms with E-state index in [-0.39, 0.29) is 11.9 Å². The van der Waals surface area contributed by atoms with Crippen LogP contribution in [-0.4, -0.2) is 23.7 Å². The number of hydrogen-bond acceptors (Lipinski definition) is 3. The highest BCUT2D eigenvalue weighted by molar-refractivity contribution is 7.98. The Morgan fingerprint density at radius 1 is 1.10 bits per heavy atom. The largest absolute Gasteiger partial charge is 0.329 e. The normalized spacial score (nSPS) is 21.4. The highest BCUT2D eigenvalue weighted by Gasteiger charge is 2.51. The van der Waals surface area contributed by atoms with Crippen molar-refractivity contribution in [1.82, 2.24) is 5.32 Å². The first-order valence-corrected chi connectivity index (χ1v) is 8.19. The van der Waals surface area contributed by atoms with Crippen molar-refractivity contribution in [3.05, 3.63) is 24.3 Å². The number of benzene rings is 1. The van der Waals surface area contributed by atoms with E-state index in [1.165, 1.54) is 4.90 Å². The van der Waals surface area contributed by atoms with Crippen LogP contribution in [0.3, 0.4) is 0 Å². The van der Waals surface area contributed by atoms with Gasteiger partial charge in [-0.3, -0.25) is 4.79 Å². The van der Waals surface area contributed by atoms with Crippen molar-refractivity contribution in [2.24, 2.45) is 0 Å². The Kier molecular flexibility index (Phi) is 3.46. The third-order valence-corrected chi connectivity index (χ3v) is 4.94. The maximum absolute atomic E-state index is 12.7. The third kappa shape index (κ3) is 2.10. The second-order valence-corrected chi connectivity index (χ2v) is 6.29. The predicted octanol–water partition coefficient (Wildman–Crippen LogP) is 3.17. The van der Waals surface area contributed by atoms with Crippen LogP contribution >= 0.6 is 11.8 Å². The fourth-order valence-corrected chi connectivity index (χ4v) is 3.49. The van der Waals surface area contributed by atoms with E-state index in [1.807, 2.05) is 30.5 Å². The lowest BCUT2D eigenvalue weighted by Gasteiger charge is -2.30. The molecular formula is C15H18N2O2S. The molecule has 2 fully saturated rings. The maximum atomic E-state index is 12.7. The molecule has 0 atom stereocenters. The van der Waals surface area contributed by atoms with Gasteiger partial charge in [-0.2, -0.15) is 0 Å². The molecule has 1 aromatic carbocycles. The number of imide groups is 1. The Balaban J connectivity index is 1.89. The second-order valence-electron chi connectivity index (χ2n) is 5.41. The maximum Gasteiger partial charge on any atom is 0.329 e. The Morgan fingerprint density at radius 2 is 1.75 bits per heavy atom. The van der Waals surface area contributed by atoms with Crippen LogP contribution in [0.15, 0.2) is 29.2 Å². The molecule has 5 heteroatoms. The van der Waals surface area contributed by atoms with Gasteiger partial charge in [0.25, 0.3) is 5.91 Å². The van der Waals surface area contributed by atoms with E-state index in [1.54, 1.807) is 11.8 Å². The average molecular weight is 290 g/mol. The molecule has 20 heavy (non-hydrogen) atoms. The lowest BCUT2D eigenvalue weighted by Crippen LogP contribution is -2.48. The summed E-state index contributed by atoms with van der Waals surface area (Å²) in [5.41, 5.74) is 0.0146. The summed E-state index contributed by atoms with van der Waals surface area (Å²) in [5.74, 6) is -0.0842. The number of nitrogens with one attached hydrogen (secondary N) is 1. The van der Waals surface area contributed by atoms with E-state index in [9.17, 15) is 9.59 Å². The molecule has 0 unspecified atom stereocenters. The first-order chi connectivity index (χ1) is 9.66. The van der Waals surface area contributed by atoms with E-state index in [4.69, 9.17) is 0 Å². The van der Waals surface area contributed by atoms with E-state index in [0.29, 0.717) is 5.69 Å². The van der Waals surface area contributed by atoms with Gasteiger partial charge in [0.1, 0.15) is 5.54 Å². The van der Waals surface area contributed by atoms with Gasteiger partial charge in [0, 0.05) is 4.90 Å². The minimum atomic E-state index is -0.645. The Hall–Kier alpha value is -1.49. The van der Waals surface area contributed by atoms with Crippen LogP contribution in [0.2, 0.25) is 0 Å². The molecule has 3 rings (SSSR count). The van der Waals surface area contributed by atoms with Gasteiger partial charge in [-0.1, -0.05) is 19.3 Å². The minimum absolute atomic E-state index is 0.0842. The SMILES string of the molecule is CSc1ccc(N2C(=O)NC3(CCCCC3)C2=O)cc1. The predicted molar refractivity (Wildman–Crippen MR) is 80.1 cm³/mol. The van der Waals surface area contributed by atoms with Crippen LogP contribution in [0.1, 0.15) is 32.1 Å². The third-order valence-electron chi connectivity index (χ3n) is 4.20. The van der Waals surface area contributed by atoms with Gasteiger partial charge in [0.2, 0.25) is 0 Å². The molecule has 3 amide bonds. The number of urea groups is 1. The van der Waals surface area contributed by atoms with Crippen molar-refractivity contribution in [2.45, 2.75) is 42.5 Å². The van der Waals surface area contributed by atoms with Crippen molar-refractivity contribution < 1.29 is 9.59 Å². The lowest BCUT2D eigenvalue weighted by atomic mass is 9.82. The fourth-order valence-electron chi connectivity index (χ4n) is 3.08. The van der Waals surface area contributed by atoms with Crippen molar-refractivity contribution in [2.75, 3.05) is 11.2 Å². The van der Waals surface area contributed by atoms with Gasteiger partial charge in [-0.15, -0.1) is 11.8 Å². The molecule has 1 aromatic rings. The number of carbonyl (C=O) groups is 2. The molecule has 0 aromatic heterocycles.